The van der Waals surface area contributed by atoms with Crippen LogP contribution in [-0.2, 0) is 17.6 Å². The summed E-state index contributed by atoms with van der Waals surface area (Å²) in [6, 6.07) is 23.5. The number of hydrogen-bond acceptors (Lipinski definition) is 2. The summed E-state index contributed by atoms with van der Waals surface area (Å²) in [4.78, 5) is 30.5. The lowest BCUT2D eigenvalue weighted by Crippen LogP contribution is -2.49. The molecular weight excluding hydrogens is 604 g/mol. The minimum atomic E-state index is -0.211. The van der Waals surface area contributed by atoms with E-state index in [-0.39, 0.29) is 23.8 Å². The molecule has 1 atom stereocenters. The number of likely N-dealkylation sites (tertiary alicyclic amines) is 1. The number of rotatable bonds is 7. The van der Waals surface area contributed by atoms with E-state index >= 15 is 0 Å². The fourth-order valence-corrected chi connectivity index (χ4v) is 5.39. The summed E-state index contributed by atoms with van der Waals surface area (Å²) in [5.41, 5.74) is 2.97. The SMILES string of the molecule is CN(C(=O)C1CCCN(C(=O)c2ccc(Cl)cc2)C1)C(Cc1ccc(Br)cc1)Cc1ccc(Br)cc1. The molecule has 36 heavy (non-hydrogen) atoms. The second kappa shape index (κ2) is 12.4. The van der Waals surface area contributed by atoms with Crippen LogP contribution >= 0.6 is 43.5 Å². The molecule has 0 saturated carbocycles. The van der Waals surface area contributed by atoms with E-state index < -0.39 is 0 Å². The van der Waals surface area contributed by atoms with E-state index in [1.807, 2.05) is 41.1 Å². The van der Waals surface area contributed by atoms with Crippen LogP contribution in [0.15, 0.2) is 81.7 Å². The zero-order chi connectivity index (χ0) is 25.7. The first kappa shape index (κ1) is 26.9. The molecule has 0 N–H and O–H groups in total. The Morgan fingerprint density at radius 2 is 1.44 bits per heavy atom. The molecule has 2 amide bonds. The summed E-state index contributed by atoms with van der Waals surface area (Å²) in [5.74, 6) is -0.159. The lowest BCUT2D eigenvalue weighted by Gasteiger charge is -2.37. The Labute approximate surface area is 234 Å². The Hall–Kier alpha value is -2.15. The number of carbonyl (C=O) groups excluding carboxylic acids is 2. The van der Waals surface area contributed by atoms with Gasteiger partial charge >= 0.3 is 0 Å². The van der Waals surface area contributed by atoms with Crippen molar-refractivity contribution in [1.82, 2.24) is 9.80 Å². The molecule has 0 spiro atoms. The number of benzene rings is 3. The highest BCUT2D eigenvalue weighted by Gasteiger charge is 2.33. The number of likely N-dealkylation sites (N-methyl/N-ethyl adjacent to an activating group) is 1. The Kier molecular flexibility index (Phi) is 9.26. The average Bonchev–Trinajstić information content (AvgIpc) is 2.90. The Balaban J connectivity index is 1.49. The van der Waals surface area contributed by atoms with Crippen molar-refractivity contribution >= 4 is 55.3 Å². The summed E-state index contributed by atoms with van der Waals surface area (Å²) in [5, 5.41) is 0.600. The van der Waals surface area contributed by atoms with Gasteiger partial charge in [-0.25, -0.2) is 0 Å². The standard InChI is InChI=1S/C29H29Br2ClN2O2/c1-33(27(17-20-4-10-24(30)11-5-20)18-21-6-12-25(31)13-7-21)28(35)23-3-2-16-34(19-23)29(36)22-8-14-26(32)15-9-22/h4-15,23,27H,2-3,16-19H2,1H3. The van der Waals surface area contributed by atoms with E-state index in [2.05, 4.69) is 56.1 Å². The van der Waals surface area contributed by atoms with E-state index in [1.165, 1.54) is 11.1 Å². The van der Waals surface area contributed by atoms with Crippen molar-refractivity contribution in [3.63, 3.8) is 0 Å². The summed E-state index contributed by atoms with van der Waals surface area (Å²) < 4.78 is 2.07. The molecule has 0 aromatic heterocycles. The van der Waals surface area contributed by atoms with Crippen molar-refractivity contribution in [1.29, 1.82) is 0 Å². The van der Waals surface area contributed by atoms with Crippen molar-refractivity contribution in [2.24, 2.45) is 5.92 Å². The van der Waals surface area contributed by atoms with Gasteiger partial charge in [0.05, 0.1) is 5.92 Å². The zero-order valence-corrected chi connectivity index (χ0v) is 24.1. The maximum Gasteiger partial charge on any atom is 0.253 e. The topological polar surface area (TPSA) is 40.6 Å². The smallest absolute Gasteiger partial charge is 0.253 e. The summed E-state index contributed by atoms with van der Waals surface area (Å²) >= 11 is 13.0. The second-order valence-electron chi connectivity index (χ2n) is 9.36. The lowest BCUT2D eigenvalue weighted by molar-refractivity contribution is -0.137. The van der Waals surface area contributed by atoms with E-state index in [0.29, 0.717) is 23.7 Å². The molecule has 7 heteroatoms. The van der Waals surface area contributed by atoms with Gasteiger partial charge in [-0.05, 0) is 85.3 Å². The summed E-state index contributed by atoms with van der Waals surface area (Å²) in [6.45, 7) is 1.10. The van der Waals surface area contributed by atoms with Crippen molar-refractivity contribution in [3.05, 3.63) is 103 Å². The van der Waals surface area contributed by atoms with E-state index in [1.54, 1.807) is 24.3 Å². The molecule has 1 heterocycles. The van der Waals surface area contributed by atoms with Crippen LogP contribution < -0.4 is 0 Å². The van der Waals surface area contributed by atoms with Gasteiger partial charge in [0, 0.05) is 45.7 Å². The van der Waals surface area contributed by atoms with Crippen molar-refractivity contribution in [2.45, 2.75) is 31.7 Å². The van der Waals surface area contributed by atoms with Gasteiger partial charge in [0.2, 0.25) is 5.91 Å². The van der Waals surface area contributed by atoms with E-state index in [0.717, 1.165) is 34.6 Å². The van der Waals surface area contributed by atoms with Gasteiger partial charge in [0.1, 0.15) is 0 Å². The molecular formula is C29H29Br2ClN2O2. The average molecular weight is 633 g/mol. The fraction of sp³-hybridized carbons (Fsp3) is 0.310. The van der Waals surface area contributed by atoms with Gasteiger partial charge in [-0.3, -0.25) is 9.59 Å². The van der Waals surface area contributed by atoms with Crippen LogP contribution in [0.4, 0.5) is 0 Å². The predicted molar refractivity (Wildman–Crippen MR) is 152 cm³/mol. The van der Waals surface area contributed by atoms with Crippen LogP contribution in [0.5, 0.6) is 0 Å². The molecule has 1 saturated heterocycles. The first-order chi connectivity index (χ1) is 17.3. The van der Waals surface area contributed by atoms with Crippen LogP contribution in [0.25, 0.3) is 0 Å². The highest BCUT2D eigenvalue weighted by atomic mass is 79.9. The monoisotopic (exact) mass is 630 g/mol. The third-order valence-electron chi connectivity index (χ3n) is 6.81. The number of carbonyl (C=O) groups is 2. The number of nitrogens with zero attached hydrogens (tertiary/aromatic N) is 2. The maximum atomic E-state index is 13.7. The number of halogens is 3. The first-order valence-corrected chi connectivity index (χ1v) is 14.1. The van der Waals surface area contributed by atoms with E-state index in [9.17, 15) is 9.59 Å². The second-order valence-corrected chi connectivity index (χ2v) is 11.6. The fourth-order valence-electron chi connectivity index (χ4n) is 4.74. The molecule has 4 nitrogen and oxygen atoms in total. The molecule has 1 fully saturated rings. The van der Waals surface area contributed by atoms with Gasteiger partial charge in [-0.2, -0.15) is 0 Å². The third-order valence-corrected chi connectivity index (χ3v) is 8.12. The molecule has 1 aliphatic heterocycles. The van der Waals surface area contributed by atoms with Crippen molar-refractivity contribution < 1.29 is 9.59 Å². The predicted octanol–water partition coefficient (Wildman–Crippen LogP) is 7.03. The highest BCUT2D eigenvalue weighted by Crippen LogP contribution is 2.24. The molecule has 4 rings (SSSR count). The molecule has 1 unspecified atom stereocenters. The molecule has 0 bridgehead atoms. The van der Waals surface area contributed by atoms with Crippen LogP contribution in [-0.4, -0.2) is 47.8 Å². The van der Waals surface area contributed by atoms with Gasteiger partial charge in [0.25, 0.3) is 5.91 Å². The zero-order valence-electron chi connectivity index (χ0n) is 20.2. The van der Waals surface area contributed by atoms with Gasteiger partial charge in [0.15, 0.2) is 0 Å². The number of piperidine rings is 1. The van der Waals surface area contributed by atoms with Gasteiger partial charge in [-0.1, -0.05) is 67.7 Å². The largest absolute Gasteiger partial charge is 0.342 e. The minimum absolute atomic E-state index is 0.00203. The lowest BCUT2D eigenvalue weighted by atomic mass is 9.93. The van der Waals surface area contributed by atoms with Crippen molar-refractivity contribution in [3.8, 4) is 0 Å². The third kappa shape index (κ3) is 6.99. The number of amides is 2. The molecule has 0 aliphatic carbocycles. The van der Waals surface area contributed by atoms with Crippen LogP contribution in [0, 0.1) is 5.92 Å². The Morgan fingerprint density at radius 1 is 0.917 bits per heavy atom. The molecule has 188 valence electrons. The Bertz CT molecular complexity index is 1140. The van der Waals surface area contributed by atoms with Gasteiger partial charge in [-0.15, -0.1) is 0 Å². The summed E-state index contributed by atoms with van der Waals surface area (Å²) in [6.07, 6.45) is 3.11. The van der Waals surface area contributed by atoms with Crippen LogP contribution in [0.3, 0.4) is 0 Å². The van der Waals surface area contributed by atoms with Gasteiger partial charge < -0.3 is 9.80 Å². The first-order valence-electron chi connectivity index (χ1n) is 12.1. The minimum Gasteiger partial charge on any atom is -0.342 e. The molecule has 1 aliphatic rings. The molecule has 3 aromatic rings. The number of hydrogen-bond donors (Lipinski definition) is 0. The Morgan fingerprint density at radius 3 is 1.97 bits per heavy atom. The molecule has 0 radical (unpaired) electrons. The summed E-state index contributed by atoms with van der Waals surface area (Å²) in [7, 11) is 1.91. The van der Waals surface area contributed by atoms with Crippen molar-refractivity contribution in [2.75, 3.05) is 20.1 Å². The van der Waals surface area contributed by atoms with E-state index in [4.69, 9.17) is 11.6 Å². The maximum absolute atomic E-state index is 13.7. The highest BCUT2D eigenvalue weighted by molar-refractivity contribution is 9.10. The van der Waals surface area contributed by atoms with Crippen LogP contribution in [0.1, 0.15) is 34.3 Å². The molecule has 3 aromatic carbocycles. The normalized spacial score (nSPS) is 15.7. The van der Waals surface area contributed by atoms with Crippen LogP contribution in [0.2, 0.25) is 5.02 Å². The quantitative estimate of drug-likeness (QED) is 0.281.